The van der Waals surface area contributed by atoms with Crippen molar-refractivity contribution >= 4 is 23.5 Å². The van der Waals surface area contributed by atoms with E-state index in [0.717, 1.165) is 23.3 Å². The lowest BCUT2D eigenvalue weighted by Gasteiger charge is -2.34. The fraction of sp³-hybridized carbons (Fsp3) is 0.286. The molecule has 2 aromatic carbocycles. The average Bonchev–Trinajstić information content (AvgIpc) is 2.74. The van der Waals surface area contributed by atoms with E-state index < -0.39 is 35.5 Å². The zero-order chi connectivity index (χ0) is 21.7. The lowest BCUT2D eigenvalue weighted by atomic mass is 9.94. The molecule has 9 heteroatoms. The van der Waals surface area contributed by atoms with Crippen LogP contribution in [0.25, 0.3) is 0 Å². The van der Waals surface area contributed by atoms with Crippen LogP contribution in [-0.4, -0.2) is 48.9 Å². The van der Waals surface area contributed by atoms with Crippen molar-refractivity contribution in [1.82, 2.24) is 10.2 Å². The number of nitrogens with zero attached hydrogens (tertiary/aromatic N) is 1. The third-order valence-corrected chi connectivity index (χ3v) is 4.82. The molecular weight excluding hydrogens is 396 g/mol. The van der Waals surface area contributed by atoms with Gasteiger partial charge in [0.1, 0.15) is 6.04 Å². The maximum Gasteiger partial charge on any atom is 0.323 e. The van der Waals surface area contributed by atoms with Crippen molar-refractivity contribution in [3.05, 3.63) is 65.2 Å². The molecule has 0 spiro atoms. The molecule has 158 valence electrons. The number of hydrogen-bond donors (Lipinski definition) is 2. The predicted octanol–water partition coefficient (Wildman–Crippen LogP) is 1.62. The third-order valence-electron chi connectivity index (χ3n) is 4.82. The van der Waals surface area contributed by atoms with Crippen LogP contribution in [0.5, 0.6) is 0 Å². The molecule has 1 heterocycles. The highest BCUT2D eigenvalue weighted by Gasteiger charge is 2.33. The number of hydrogen-bond acceptors (Lipinski definition) is 5. The molecule has 2 aromatic rings. The van der Waals surface area contributed by atoms with E-state index in [-0.39, 0.29) is 18.8 Å². The summed E-state index contributed by atoms with van der Waals surface area (Å²) in [5.74, 6) is -3.60. The van der Waals surface area contributed by atoms with Gasteiger partial charge in [-0.25, -0.2) is 8.78 Å². The Morgan fingerprint density at radius 1 is 1.07 bits per heavy atom. The van der Waals surface area contributed by atoms with Gasteiger partial charge in [-0.15, -0.1) is 0 Å². The molecule has 0 unspecified atom stereocenters. The highest BCUT2D eigenvalue weighted by atomic mass is 19.2. The van der Waals surface area contributed by atoms with Gasteiger partial charge in [0.25, 0.3) is 0 Å². The summed E-state index contributed by atoms with van der Waals surface area (Å²) in [5.41, 5.74) is 2.11. The first-order valence-electron chi connectivity index (χ1n) is 9.27. The van der Waals surface area contributed by atoms with Crippen LogP contribution >= 0.6 is 0 Å². The molecule has 0 radical (unpaired) electrons. The van der Waals surface area contributed by atoms with E-state index in [0.29, 0.717) is 13.0 Å². The maximum absolute atomic E-state index is 13.2. The molecule has 2 amide bonds. The second-order valence-electron chi connectivity index (χ2n) is 6.87. The van der Waals surface area contributed by atoms with Crippen LogP contribution in [0, 0.1) is 11.6 Å². The maximum atomic E-state index is 13.2. The van der Waals surface area contributed by atoms with Gasteiger partial charge in [0.05, 0.1) is 20.2 Å². The zero-order valence-electron chi connectivity index (χ0n) is 16.3. The van der Waals surface area contributed by atoms with Crippen LogP contribution in [-0.2, 0) is 32.1 Å². The van der Waals surface area contributed by atoms with Gasteiger partial charge < -0.3 is 15.4 Å². The first kappa shape index (κ1) is 21.4. The van der Waals surface area contributed by atoms with Gasteiger partial charge in [-0.05, 0) is 29.7 Å². The fourth-order valence-corrected chi connectivity index (χ4v) is 3.31. The van der Waals surface area contributed by atoms with E-state index >= 15 is 0 Å². The summed E-state index contributed by atoms with van der Waals surface area (Å²) in [6.07, 6.45) is 0.423. The number of halogens is 2. The van der Waals surface area contributed by atoms with E-state index in [1.54, 1.807) is 4.90 Å². The molecule has 3 rings (SSSR count). The van der Waals surface area contributed by atoms with Crippen molar-refractivity contribution in [2.45, 2.75) is 19.0 Å². The number of fused-ring (bicyclic) bond motifs is 1. The number of rotatable bonds is 6. The van der Waals surface area contributed by atoms with Crippen LogP contribution in [0.1, 0.15) is 11.1 Å². The first-order chi connectivity index (χ1) is 14.4. The molecule has 1 atom stereocenters. The number of esters is 1. The molecule has 0 bridgehead atoms. The van der Waals surface area contributed by atoms with Gasteiger partial charge in [-0.2, -0.15) is 0 Å². The molecule has 1 aliphatic heterocycles. The Morgan fingerprint density at radius 2 is 1.80 bits per heavy atom. The van der Waals surface area contributed by atoms with E-state index in [1.807, 2.05) is 24.3 Å². The van der Waals surface area contributed by atoms with Crippen molar-refractivity contribution < 1.29 is 27.9 Å². The number of amides is 2. The van der Waals surface area contributed by atoms with Crippen molar-refractivity contribution in [2.75, 3.05) is 25.5 Å². The molecule has 30 heavy (non-hydrogen) atoms. The number of benzene rings is 2. The molecule has 0 aliphatic carbocycles. The van der Waals surface area contributed by atoms with Crippen molar-refractivity contribution in [3.8, 4) is 0 Å². The fourth-order valence-electron chi connectivity index (χ4n) is 3.31. The van der Waals surface area contributed by atoms with Crippen LogP contribution in [0.4, 0.5) is 14.5 Å². The van der Waals surface area contributed by atoms with Crippen LogP contribution in [0.3, 0.4) is 0 Å². The van der Waals surface area contributed by atoms with Gasteiger partial charge in [0, 0.05) is 18.3 Å². The highest BCUT2D eigenvalue weighted by molar-refractivity contribution is 5.94. The minimum Gasteiger partial charge on any atom is -0.468 e. The molecule has 1 aliphatic rings. The lowest BCUT2D eigenvalue weighted by Crippen LogP contribution is -2.50. The number of carbonyl (C=O) groups excluding carboxylic acids is 3. The first-order valence-corrected chi connectivity index (χ1v) is 9.27. The van der Waals surface area contributed by atoms with Crippen molar-refractivity contribution in [2.24, 2.45) is 0 Å². The minimum atomic E-state index is -1.09. The summed E-state index contributed by atoms with van der Waals surface area (Å²) in [5, 5.41) is 4.83. The monoisotopic (exact) mass is 417 g/mol. The number of ether oxygens (including phenoxy) is 1. The van der Waals surface area contributed by atoms with E-state index in [4.69, 9.17) is 4.74 Å². The average molecular weight is 417 g/mol. The second-order valence-corrected chi connectivity index (χ2v) is 6.87. The van der Waals surface area contributed by atoms with Crippen molar-refractivity contribution in [3.63, 3.8) is 0 Å². The zero-order valence-corrected chi connectivity index (χ0v) is 16.3. The van der Waals surface area contributed by atoms with E-state index in [2.05, 4.69) is 10.6 Å². The largest absolute Gasteiger partial charge is 0.468 e. The summed E-state index contributed by atoms with van der Waals surface area (Å²) >= 11 is 0. The lowest BCUT2D eigenvalue weighted by molar-refractivity contribution is -0.148. The Morgan fingerprint density at radius 3 is 2.50 bits per heavy atom. The number of anilines is 1. The third kappa shape index (κ3) is 5.18. The van der Waals surface area contributed by atoms with Gasteiger partial charge in [-0.3, -0.25) is 19.3 Å². The minimum absolute atomic E-state index is 0.0755. The van der Waals surface area contributed by atoms with Crippen LogP contribution < -0.4 is 10.6 Å². The van der Waals surface area contributed by atoms with Gasteiger partial charge >= 0.3 is 5.97 Å². The second kappa shape index (κ2) is 9.45. The Hall–Kier alpha value is -3.33. The smallest absolute Gasteiger partial charge is 0.323 e. The van der Waals surface area contributed by atoms with Crippen LogP contribution in [0.15, 0.2) is 42.5 Å². The molecule has 0 fully saturated rings. The Kier molecular flexibility index (Phi) is 6.73. The summed E-state index contributed by atoms with van der Waals surface area (Å²) in [6.45, 7) is -0.0673. The standard InChI is InChI=1S/C21H21F2N3O4/c1-30-21(29)18-8-13-4-2-3-5-14(13)11-26(18)12-20(28)24-10-19(27)25-15-6-7-16(22)17(23)9-15/h2-7,9,18H,8,10-12H2,1H3,(H,24,28)(H,25,27)/t18-/m0/s1. The van der Waals surface area contributed by atoms with Gasteiger partial charge in [0.2, 0.25) is 11.8 Å². The number of nitrogens with one attached hydrogen (secondary N) is 2. The van der Waals surface area contributed by atoms with Gasteiger partial charge in [-0.1, -0.05) is 24.3 Å². The Bertz CT molecular complexity index is 967. The van der Waals surface area contributed by atoms with Crippen LogP contribution in [0.2, 0.25) is 0 Å². The Labute approximate surface area is 172 Å². The molecule has 0 saturated heterocycles. The predicted molar refractivity (Wildman–Crippen MR) is 104 cm³/mol. The summed E-state index contributed by atoms with van der Waals surface area (Å²) in [6, 6.07) is 10.00. The quantitative estimate of drug-likeness (QED) is 0.698. The van der Waals surface area contributed by atoms with E-state index in [1.165, 1.54) is 13.2 Å². The molecule has 2 N–H and O–H groups in total. The van der Waals surface area contributed by atoms with Gasteiger partial charge in [0.15, 0.2) is 11.6 Å². The summed E-state index contributed by atoms with van der Waals surface area (Å²) < 4.78 is 31.0. The summed E-state index contributed by atoms with van der Waals surface area (Å²) in [4.78, 5) is 38.2. The molecule has 0 aromatic heterocycles. The number of methoxy groups -OCH3 is 1. The molecule has 7 nitrogen and oxygen atoms in total. The summed E-state index contributed by atoms with van der Waals surface area (Å²) in [7, 11) is 1.30. The normalized spacial score (nSPS) is 15.8. The molecule has 0 saturated carbocycles. The Balaban J connectivity index is 1.56. The van der Waals surface area contributed by atoms with Crippen molar-refractivity contribution in [1.29, 1.82) is 0 Å². The highest BCUT2D eigenvalue weighted by Crippen LogP contribution is 2.23. The molecular formula is C21H21F2N3O4. The van der Waals surface area contributed by atoms with E-state index in [9.17, 15) is 23.2 Å². The SMILES string of the molecule is COC(=O)[C@@H]1Cc2ccccc2CN1CC(=O)NCC(=O)Nc1ccc(F)c(F)c1. The number of carbonyl (C=O) groups is 3. The topological polar surface area (TPSA) is 87.7 Å².